The highest BCUT2D eigenvalue weighted by Gasteiger charge is 2.34. The molecule has 6 nitrogen and oxygen atoms in total. The van der Waals surface area contributed by atoms with Crippen molar-refractivity contribution in [3.8, 4) is 0 Å². The Morgan fingerprint density at radius 3 is 2.58 bits per heavy atom. The summed E-state index contributed by atoms with van der Waals surface area (Å²) in [6, 6.07) is 0.109. The molecule has 1 fully saturated rings. The van der Waals surface area contributed by atoms with E-state index in [9.17, 15) is 5.11 Å². The Labute approximate surface area is 157 Å². The minimum absolute atomic E-state index is 0.0505. The largest absolute Gasteiger partial charge is 0.394 e. The van der Waals surface area contributed by atoms with Gasteiger partial charge in [0.2, 0.25) is 0 Å². The molecule has 0 aliphatic carbocycles. The lowest BCUT2D eigenvalue weighted by molar-refractivity contribution is 0.00872. The van der Waals surface area contributed by atoms with Crippen LogP contribution in [0.3, 0.4) is 0 Å². The maximum absolute atomic E-state index is 9.32. The van der Waals surface area contributed by atoms with Crippen LogP contribution in [-0.2, 0) is 11.2 Å². The van der Waals surface area contributed by atoms with E-state index in [0.29, 0.717) is 12.2 Å². The van der Waals surface area contributed by atoms with Crippen LogP contribution in [0, 0.1) is 0 Å². The fourth-order valence-corrected chi connectivity index (χ4v) is 3.03. The van der Waals surface area contributed by atoms with Crippen molar-refractivity contribution in [2.45, 2.75) is 72.3 Å². The first-order chi connectivity index (χ1) is 12.7. The molecule has 2 aliphatic rings. The summed E-state index contributed by atoms with van der Waals surface area (Å²) >= 11 is 0. The van der Waals surface area contributed by atoms with Gasteiger partial charge in [-0.15, -0.1) is 0 Å². The zero-order valence-corrected chi connectivity index (χ0v) is 16.7. The van der Waals surface area contributed by atoms with Crippen molar-refractivity contribution >= 4 is 11.6 Å². The number of allylic oxidation sites excluding steroid dienone is 3. The van der Waals surface area contributed by atoms with Gasteiger partial charge in [0.15, 0.2) is 0 Å². The van der Waals surface area contributed by atoms with Crippen LogP contribution in [0.25, 0.3) is 0 Å². The van der Waals surface area contributed by atoms with Crippen LogP contribution >= 0.6 is 0 Å². The number of aliphatic hydroxyl groups is 1. The van der Waals surface area contributed by atoms with Gasteiger partial charge in [0.25, 0.3) is 0 Å². The van der Waals surface area contributed by atoms with E-state index in [4.69, 9.17) is 10.5 Å². The van der Waals surface area contributed by atoms with Crippen molar-refractivity contribution in [2.75, 3.05) is 17.2 Å². The minimum atomic E-state index is -0.108. The van der Waals surface area contributed by atoms with E-state index in [-0.39, 0.29) is 25.0 Å². The molecule has 0 radical (unpaired) electrons. The highest BCUT2D eigenvalue weighted by molar-refractivity contribution is 5.59. The van der Waals surface area contributed by atoms with E-state index in [1.165, 1.54) is 6.33 Å². The third kappa shape index (κ3) is 5.29. The maximum Gasteiger partial charge on any atom is 0.140 e. The Kier molecular flexibility index (Phi) is 9.91. The van der Waals surface area contributed by atoms with E-state index in [2.05, 4.69) is 33.9 Å². The van der Waals surface area contributed by atoms with Crippen molar-refractivity contribution in [1.29, 1.82) is 0 Å². The van der Waals surface area contributed by atoms with E-state index < -0.39 is 0 Å². The van der Waals surface area contributed by atoms with Crippen LogP contribution in [0.5, 0.6) is 0 Å². The predicted molar refractivity (Wildman–Crippen MR) is 108 cm³/mol. The molecule has 146 valence electrons. The number of nitrogen functional groups attached to an aromatic ring is 1. The average molecular weight is 363 g/mol. The highest BCUT2D eigenvalue weighted by Crippen LogP contribution is 2.32. The van der Waals surface area contributed by atoms with Gasteiger partial charge in [0, 0.05) is 11.6 Å². The lowest BCUT2D eigenvalue weighted by Crippen LogP contribution is -2.42. The molecule has 0 aromatic carbocycles. The predicted octanol–water partition coefficient (Wildman–Crippen LogP) is 3.47. The van der Waals surface area contributed by atoms with Gasteiger partial charge in [-0.2, -0.15) is 0 Å². The number of aliphatic hydroxyl groups excluding tert-OH is 1. The molecule has 0 amide bonds. The van der Waals surface area contributed by atoms with E-state index >= 15 is 0 Å². The van der Waals surface area contributed by atoms with Crippen LogP contribution in [0.4, 0.5) is 11.6 Å². The Hall–Kier alpha value is -1.92. The molecule has 0 bridgehead atoms. The summed E-state index contributed by atoms with van der Waals surface area (Å²) in [6.45, 7) is 10.2. The summed E-state index contributed by atoms with van der Waals surface area (Å²) in [4.78, 5) is 10.7. The molecule has 26 heavy (non-hydrogen) atoms. The Morgan fingerprint density at radius 1 is 1.19 bits per heavy atom. The van der Waals surface area contributed by atoms with Crippen LogP contribution in [0.2, 0.25) is 0 Å². The Bertz CT molecular complexity index is 589. The maximum atomic E-state index is 9.32. The molecule has 1 aromatic heterocycles. The summed E-state index contributed by atoms with van der Waals surface area (Å²) in [5.41, 5.74) is 6.98. The molecule has 2 aliphatic heterocycles. The van der Waals surface area contributed by atoms with Gasteiger partial charge in [-0.3, -0.25) is 0 Å². The summed E-state index contributed by atoms with van der Waals surface area (Å²) < 4.78 is 5.97. The molecule has 1 saturated heterocycles. The third-order valence-electron chi connectivity index (χ3n) is 4.20. The molecular formula is C20H34N4O2. The first-order valence-corrected chi connectivity index (χ1v) is 9.68. The topological polar surface area (TPSA) is 84.5 Å². The van der Waals surface area contributed by atoms with Gasteiger partial charge < -0.3 is 20.5 Å². The van der Waals surface area contributed by atoms with Crippen LogP contribution < -0.4 is 10.6 Å². The molecule has 3 atom stereocenters. The van der Waals surface area contributed by atoms with Gasteiger partial charge >= 0.3 is 0 Å². The van der Waals surface area contributed by atoms with Crippen molar-refractivity contribution in [3.63, 3.8) is 0 Å². The number of rotatable bonds is 2. The number of ether oxygens (including phenoxy) is 1. The monoisotopic (exact) mass is 362 g/mol. The zero-order valence-electron chi connectivity index (χ0n) is 16.7. The molecule has 3 heterocycles. The second-order valence-electron chi connectivity index (χ2n) is 5.70. The molecule has 3 unspecified atom stereocenters. The first-order valence-electron chi connectivity index (χ1n) is 9.68. The number of nitrogens with zero attached hydrogens (tertiary/aromatic N) is 3. The normalized spacial score (nSPS) is 26.7. The van der Waals surface area contributed by atoms with Gasteiger partial charge in [-0.25, -0.2) is 9.97 Å². The fourth-order valence-electron chi connectivity index (χ4n) is 3.03. The van der Waals surface area contributed by atoms with Gasteiger partial charge in [-0.1, -0.05) is 52.0 Å². The van der Waals surface area contributed by atoms with E-state index in [1.807, 2.05) is 39.8 Å². The molecule has 3 N–H and O–H groups in total. The standard InChI is InChI=1S/C16H22N4O2.2C2H6/c1-11-5-3-2-4-6-13-15(17)18-10-19-16(13)20(11)14-8-7-12(9-21)22-14;2*1-2/h2-5,10-12,14,21H,6-9H2,1H3,(H2,17,18,19);2*1-2H3/b4-2-,5-3-;;. The van der Waals surface area contributed by atoms with E-state index in [1.54, 1.807) is 0 Å². The highest BCUT2D eigenvalue weighted by atomic mass is 16.5. The van der Waals surface area contributed by atoms with E-state index in [0.717, 1.165) is 24.2 Å². The fraction of sp³-hybridized carbons (Fsp3) is 0.600. The molecule has 3 rings (SSSR count). The first kappa shape index (κ1) is 22.1. The van der Waals surface area contributed by atoms with Crippen LogP contribution in [0.15, 0.2) is 30.6 Å². The number of hydrogen-bond donors (Lipinski definition) is 2. The summed E-state index contributed by atoms with van der Waals surface area (Å²) in [6.07, 6.45) is 11.9. The second kappa shape index (κ2) is 11.6. The third-order valence-corrected chi connectivity index (χ3v) is 4.20. The van der Waals surface area contributed by atoms with Crippen molar-refractivity contribution in [3.05, 3.63) is 36.2 Å². The summed E-state index contributed by atoms with van der Waals surface area (Å²) in [5.74, 6) is 1.32. The molecule has 0 spiro atoms. The number of anilines is 2. The number of fused-ring (bicyclic) bond motifs is 1. The SMILES string of the molecule is CC.CC.CC1/C=C\C=C/Cc2c(N)ncnc2N1C1CCC(CO)O1. The lowest BCUT2D eigenvalue weighted by atomic mass is 10.1. The molecule has 0 saturated carbocycles. The zero-order chi connectivity index (χ0) is 19.5. The van der Waals surface area contributed by atoms with Gasteiger partial charge in [0.1, 0.15) is 24.2 Å². The quantitative estimate of drug-likeness (QED) is 0.838. The average Bonchev–Trinajstić information content (AvgIpc) is 3.17. The smallest absolute Gasteiger partial charge is 0.140 e. The van der Waals surface area contributed by atoms with Crippen LogP contribution in [-0.4, -0.2) is 40.1 Å². The number of hydrogen-bond acceptors (Lipinski definition) is 6. The summed E-state index contributed by atoms with van der Waals surface area (Å²) in [7, 11) is 0. The van der Waals surface area contributed by atoms with Gasteiger partial charge in [-0.05, 0) is 26.2 Å². The summed E-state index contributed by atoms with van der Waals surface area (Å²) in [5, 5.41) is 9.32. The molecular weight excluding hydrogens is 328 g/mol. The van der Waals surface area contributed by atoms with Crippen molar-refractivity contribution in [2.24, 2.45) is 0 Å². The van der Waals surface area contributed by atoms with Gasteiger partial charge in [0.05, 0.1) is 12.7 Å². The number of nitrogens with two attached hydrogens (primary N) is 1. The van der Waals surface area contributed by atoms with Crippen LogP contribution in [0.1, 0.15) is 53.0 Å². The Balaban J connectivity index is 0.000000791. The lowest BCUT2D eigenvalue weighted by Gasteiger charge is -2.35. The molecule has 1 aromatic rings. The number of aromatic nitrogens is 2. The molecule has 6 heteroatoms. The van der Waals surface area contributed by atoms with Crippen molar-refractivity contribution in [1.82, 2.24) is 9.97 Å². The minimum Gasteiger partial charge on any atom is -0.394 e. The Morgan fingerprint density at radius 2 is 1.92 bits per heavy atom. The second-order valence-corrected chi connectivity index (χ2v) is 5.70. The van der Waals surface area contributed by atoms with Crippen molar-refractivity contribution < 1.29 is 9.84 Å².